The van der Waals surface area contributed by atoms with Gasteiger partial charge >= 0.3 is 0 Å². The van der Waals surface area contributed by atoms with Gasteiger partial charge < -0.3 is 5.32 Å². The first-order valence-electron chi connectivity index (χ1n) is 8.75. The van der Waals surface area contributed by atoms with E-state index in [0.717, 1.165) is 12.1 Å². The molecule has 2 unspecified atom stereocenters. The Balaban J connectivity index is 1.76. The smallest absolute Gasteiger partial charge is 0.0363 e. The Bertz CT molecular complexity index is 596. The van der Waals surface area contributed by atoms with Crippen LogP contribution in [0.2, 0.25) is 0 Å². The van der Waals surface area contributed by atoms with Crippen molar-refractivity contribution < 1.29 is 0 Å². The summed E-state index contributed by atoms with van der Waals surface area (Å²) in [7, 11) is 2.94. The molecule has 1 nitrogen and oxygen atoms in total. The molecule has 2 heteroatoms. The van der Waals surface area contributed by atoms with Crippen molar-refractivity contribution >= 4 is 20.0 Å². The summed E-state index contributed by atoms with van der Waals surface area (Å²) >= 11 is 0. The van der Waals surface area contributed by atoms with E-state index in [4.69, 9.17) is 0 Å². The minimum absolute atomic E-state index is 0.444. The normalized spacial score (nSPS) is 23.5. The lowest BCUT2D eigenvalue weighted by molar-refractivity contribution is 0.274. The minimum atomic E-state index is 0.444. The van der Waals surface area contributed by atoms with Gasteiger partial charge in [-0.2, -0.15) is 0 Å². The summed E-state index contributed by atoms with van der Waals surface area (Å²) in [4.78, 5) is 0. The summed E-state index contributed by atoms with van der Waals surface area (Å²) in [5.74, 6) is 0.963. The Hall–Kier alpha value is -0.910. The van der Waals surface area contributed by atoms with E-state index in [1.54, 1.807) is 0 Å². The first-order valence-corrected chi connectivity index (χ1v) is 9.57. The average Bonchev–Trinajstić information content (AvgIpc) is 2.60. The summed E-state index contributed by atoms with van der Waals surface area (Å²) in [5, 5.41) is 6.68. The third kappa shape index (κ3) is 3.53. The standard InChI is InChI=1S/C20H28NP/c1-2-15-10-12-17(13-11-15)21-20(14-22)19-9-5-7-16-6-3-4-8-18(16)19/h3-9,15,17,20-21H,2,10-14,22H2,1H3. The quantitative estimate of drug-likeness (QED) is 0.737. The molecule has 0 aromatic heterocycles. The van der Waals surface area contributed by atoms with Gasteiger partial charge in [0.15, 0.2) is 0 Å². The van der Waals surface area contributed by atoms with Crippen molar-refractivity contribution in [2.24, 2.45) is 5.92 Å². The van der Waals surface area contributed by atoms with E-state index in [9.17, 15) is 0 Å². The van der Waals surface area contributed by atoms with Crippen LogP contribution in [0.25, 0.3) is 10.8 Å². The van der Waals surface area contributed by atoms with Crippen LogP contribution in [0.3, 0.4) is 0 Å². The van der Waals surface area contributed by atoms with Crippen LogP contribution >= 0.6 is 9.24 Å². The number of benzene rings is 2. The second-order valence-corrected chi connectivity index (χ2v) is 7.12. The molecule has 0 radical (unpaired) electrons. The van der Waals surface area contributed by atoms with Crippen LogP contribution in [0.5, 0.6) is 0 Å². The number of hydrogen-bond donors (Lipinski definition) is 1. The molecule has 0 heterocycles. The monoisotopic (exact) mass is 313 g/mol. The van der Waals surface area contributed by atoms with E-state index in [0.29, 0.717) is 12.1 Å². The second-order valence-electron chi connectivity index (χ2n) is 6.65. The van der Waals surface area contributed by atoms with Crippen LogP contribution in [0.1, 0.15) is 50.6 Å². The number of nitrogens with one attached hydrogen (secondary N) is 1. The van der Waals surface area contributed by atoms with Gasteiger partial charge in [0, 0.05) is 12.1 Å². The van der Waals surface area contributed by atoms with Crippen LogP contribution in [0.4, 0.5) is 0 Å². The first kappa shape index (κ1) is 16.0. The zero-order chi connectivity index (χ0) is 15.4. The lowest BCUT2D eigenvalue weighted by atomic mass is 9.84. The third-order valence-corrected chi connectivity index (χ3v) is 5.77. The molecule has 1 saturated carbocycles. The average molecular weight is 313 g/mol. The summed E-state index contributed by atoms with van der Waals surface area (Å²) in [6.45, 7) is 2.33. The highest BCUT2D eigenvalue weighted by Gasteiger charge is 2.23. The van der Waals surface area contributed by atoms with Gasteiger partial charge in [-0.3, -0.25) is 0 Å². The highest BCUT2D eigenvalue weighted by molar-refractivity contribution is 7.16. The van der Waals surface area contributed by atoms with Crippen LogP contribution < -0.4 is 5.32 Å². The molecule has 118 valence electrons. The van der Waals surface area contributed by atoms with E-state index >= 15 is 0 Å². The predicted molar refractivity (Wildman–Crippen MR) is 100 cm³/mol. The van der Waals surface area contributed by atoms with Gasteiger partial charge in [0.1, 0.15) is 0 Å². The maximum atomic E-state index is 3.94. The largest absolute Gasteiger partial charge is 0.307 e. The Labute approximate surface area is 137 Å². The van der Waals surface area contributed by atoms with Gasteiger partial charge in [0.2, 0.25) is 0 Å². The molecular formula is C20H28NP. The van der Waals surface area contributed by atoms with E-state index in [1.807, 2.05) is 0 Å². The fraction of sp³-hybridized carbons (Fsp3) is 0.500. The fourth-order valence-corrected chi connectivity index (χ4v) is 4.25. The SMILES string of the molecule is CCC1CCC(NC(CP)c2cccc3ccccc23)CC1. The maximum Gasteiger partial charge on any atom is 0.0363 e. The van der Waals surface area contributed by atoms with Crippen LogP contribution in [-0.2, 0) is 0 Å². The molecule has 0 saturated heterocycles. The highest BCUT2D eigenvalue weighted by Crippen LogP contribution is 2.30. The summed E-state index contributed by atoms with van der Waals surface area (Å²) in [5.41, 5.74) is 1.45. The van der Waals surface area contributed by atoms with Crippen molar-refractivity contribution in [2.45, 2.75) is 51.1 Å². The van der Waals surface area contributed by atoms with Gasteiger partial charge in [-0.05, 0) is 54.1 Å². The van der Waals surface area contributed by atoms with Crippen molar-refractivity contribution in [3.63, 3.8) is 0 Å². The van der Waals surface area contributed by atoms with Gasteiger partial charge in [0.05, 0.1) is 0 Å². The van der Waals surface area contributed by atoms with Crippen molar-refractivity contribution in [3.05, 3.63) is 48.0 Å². The Kier molecular flexibility index (Phi) is 5.50. The van der Waals surface area contributed by atoms with Crippen LogP contribution in [0.15, 0.2) is 42.5 Å². The molecule has 1 N–H and O–H groups in total. The lowest BCUT2D eigenvalue weighted by Crippen LogP contribution is -2.36. The zero-order valence-electron chi connectivity index (χ0n) is 13.6. The van der Waals surface area contributed by atoms with Crippen molar-refractivity contribution in [1.82, 2.24) is 5.32 Å². The molecule has 22 heavy (non-hydrogen) atoms. The van der Waals surface area contributed by atoms with E-state index in [1.165, 1.54) is 48.4 Å². The fourth-order valence-electron chi connectivity index (χ4n) is 3.86. The lowest BCUT2D eigenvalue weighted by Gasteiger charge is -2.32. The van der Waals surface area contributed by atoms with Crippen molar-refractivity contribution in [2.75, 3.05) is 6.16 Å². The van der Waals surface area contributed by atoms with Crippen LogP contribution in [0, 0.1) is 5.92 Å². The number of hydrogen-bond acceptors (Lipinski definition) is 1. The molecule has 2 aromatic carbocycles. The summed E-state index contributed by atoms with van der Waals surface area (Å²) < 4.78 is 0. The van der Waals surface area contributed by atoms with Crippen molar-refractivity contribution in [3.8, 4) is 0 Å². The van der Waals surface area contributed by atoms with Gasteiger partial charge in [-0.25, -0.2) is 0 Å². The second kappa shape index (κ2) is 7.57. The molecule has 3 rings (SSSR count). The molecule has 1 fully saturated rings. The molecule has 0 amide bonds. The molecule has 1 aliphatic carbocycles. The van der Waals surface area contributed by atoms with Crippen LogP contribution in [-0.4, -0.2) is 12.2 Å². The first-order chi connectivity index (χ1) is 10.8. The van der Waals surface area contributed by atoms with E-state index in [2.05, 4.69) is 63.9 Å². The summed E-state index contributed by atoms with van der Waals surface area (Å²) in [6.07, 6.45) is 7.89. The molecule has 0 aliphatic heterocycles. The van der Waals surface area contributed by atoms with E-state index < -0.39 is 0 Å². The Morgan fingerprint density at radius 3 is 2.50 bits per heavy atom. The molecular weight excluding hydrogens is 285 g/mol. The Morgan fingerprint density at radius 2 is 1.77 bits per heavy atom. The topological polar surface area (TPSA) is 12.0 Å². The minimum Gasteiger partial charge on any atom is -0.307 e. The number of fused-ring (bicyclic) bond motifs is 1. The molecule has 2 aromatic rings. The molecule has 2 atom stereocenters. The number of rotatable bonds is 5. The molecule has 0 bridgehead atoms. The van der Waals surface area contributed by atoms with Crippen molar-refractivity contribution in [1.29, 1.82) is 0 Å². The van der Waals surface area contributed by atoms with E-state index in [-0.39, 0.29) is 0 Å². The third-order valence-electron chi connectivity index (χ3n) is 5.30. The zero-order valence-corrected chi connectivity index (χ0v) is 14.7. The Morgan fingerprint density at radius 1 is 1.05 bits per heavy atom. The maximum absolute atomic E-state index is 3.94. The van der Waals surface area contributed by atoms with Gasteiger partial charge in [0.25, 0.3) is 0 Å². The predicted octanol–water partition coefficient (Wildman–Crippen LogP) is 5.31. The summed E-state index contributed by atoms with van der Waals surface area (Å²) in [6, 6.07) is 16.6. The van der Waals surface area contributed by atoms with Gasteiger partial charge in [-0.1, -0.05) is 55.8 Å². The molecule has 1 aliphatic rings. The van der Waals surface area contributed by atoms with Gasteiger partial charge in [-0.15, -0.1) is 9.24 Å². The molecule has 0 spiro atoms. The highest BCUT2D eigenvalue weighted by atomic mass is 31.0.